The minimum absolute atomic E-state index is 0.0578. The topological polar surface area (TPSA) is 56.2 Å². The molecule has 1 N–H and O–H groups in total. The lowest BCUT2D eigenvalue weighted by molar-refractivity contribution is -0.122. The van der Waals surface area contributed by atoms with Crippen LogP contribution in [0, 0.1) is 19.7 Å². The first-order valence-electron chi connectivity index (χ1n) is 7.26. The first kappa shape index (κ1) is 17.3. The Morgan fingerprint density at radius 1 is 1.39 bits per heavy atom. The summed E-state index contributed by atoms with van der Waals surface area (Å²) in [5.74, 6) is 0.789. The number of thioether (sulfide) groups is 1. The van der Waals surface area contributed by atoms with Gasteiger partial charge in [0.05, 0.1) is 5.69 Å². The Labute approximate surface area is 139 Å². The fourth-order valence-corrected chi connectivity index (χ4v) is 2.87. The molecule has 1 aromatic carbocycles. The molecule has 0 radical (unpaired) electrons. The van der Waals surface area contributed by atoms with Crippen molar-refractivity contribution in [1.82, 2.24) is 15.1 Å². The Kier molecular flexibility index (Phi) is 6.04. The lowest BCUT2D eigenvalue weighted by Crippen LogP contribution is -2.30. The number of carbonyl (C=O) groups excluding carboxylic acids is 1. The van der Waals surface area contributed by atoms with Crippen LogP contribution in [0.4, 0.5) is 4.39 Å². The fourth-order valence-electron chi connectivity index (χ4n) is 2.07. The van der Waals surface area contributed by atoms with E-state index in [0.29, 0.717) is 22.9 Å². The zero-order valence-corrected chi connectivity index (χ0v) is 14.2. The van der Waals surface area contributed by atoms with Crippen LogP contribution in [0.5, 0.6) is 5.75 Å². The molecule has 7 heteroatoms. The summed E-state index contributed by atoms with van der Waals surface area (Å²) in [6, 6.07) is 6.59. The van der Waals surface area contributed by atoms with Crippen molar-refractivity contribution in [2.45, 2.75) is 18.7 Å². The molecular formula is C16H20FN3O2S. The summed E-state index contributed by atoms with van der Waals surface area (Å²) in [7, 11) is 1.83. The summed E-state index contributed by atoms with van der Waals surface area (Å²) >= 11 is 1.37. The number of hydrogen-bond acceptors (Lipinski definition) is 4. The molecule has 2 rings (SSSR count). The SMILES string of the molecule is Cc1nn(C)c(C)c1OCC(=O)NCCSc1ccccc1F. The molecule has 23 heavy (non-hydrogen) atoms. The van der Waals surface area contributed by atoms with Crippen LogP contribution in [0.15, 0.2) is 29.2 Å². The third-order valence-electron chi connectivity index (χ3n) is 3.31. The maximum atomic E-state index is 13.4. The van der Waals surface area contributed by atoms with E-state index < -0.39 is 0 Å². The minimum atomic E-state index is -0.241. The van der Waals surface area contributed by atoms with Crippen LogP contribution in [0.3, 0.4) is 0 Å². The molecule has 0 saturated carbocycles. The molecule has 0 aliphatic heterocycles. The Morgan fingerprint density at radius 2 is 2.13 bits per heavy atom. The van der Waals surface area contributed by atoms with Crippen LogP contribution in [-0.4, -0.2) is 34.6 Å². The highest BCUT2D eigenvalue weighted by Gasteiger charge is 2.12. The lowest BCUT2D eigenvalue weighted by atomic mass is 10.3. The third-order valence-corrected chi connectivity index (χ3v) is 4.36. The van der Waals surface area contributed by atoms with Gasteiger partial charge in [0.1, 0.15) is 11.5 Å². The number of amides is 1. The number of benzene rings is 1. The van der Waals surface area contributed by atoms with Crippen molar-refractivity contribution in [3.05, 3.63) is 41.5 Å². The molecule has 0 unspecified atom stereocenters. The van der Waals surface area contributed by atoms with Gasteiger partial charge < -0.3 is 10.1 Å². The van der Waals surface area contributed by atoms with Crippen LogP contribution in [0.25, 0.3) is 0 Å². The van der Waals surface area contributed by atoms with E-state index >= 15 is 0 Å². The molecule has 0 aliphatic carbocycles. The van der Waals surface area contributed by atoms with Gasteiger partial charge in [-0.1, -0.05) is 12.1 Å². The van der Waals surface area contributed by atoms with Gasteiger partial charge >= 0.3 is 0 Å². The van der Waals surface area contributed by atoms with Crippen molar-refractivity contribution >= 4 is 17.7 Å². The molecule has 2 aromatic rings. The van der Waals surface area contributed by atoms with Crippen molar-refractivity contribution in [3.8, 4) is 5.75 Å². The summed E-state index contributed by atoms with van der Waals surface area (Å²) in [6.45, 7) is 4.12. The summed E-state index contributed by atoms with van der Waals surface area (Å²) in [4.78, 5) is 12.4. The maximum absolute atomic E-state index is 13.4. The van der Waals surface area contributed by atoms with Crippen LogP contribution < -0.4 is 10.1 Å². The van der Waals surface area contributed by atoms with Gasteiger partial charge in [-0.3, -0.25) is 9.48 Å². The number of hydrogen-bond donors (Lipinski definition) is 1. The summed E-state index contributed by atoms with van der Waals surface area (Å²) < 4.78 is 20.7. The summed E-state index contributed by atoms with van der Waals surface area (Å²) in [5, 5.41) is 6.98. The Balaban J connectivity index is 1.70. The van der Waals surface area contributed by atoms with E-state index in [1.807, 2.05) is 20.9 Å². The smallest absolute Gasteiger partial charge is 0.257 e. The second-order valence-corrected chi connectivity index (χ2v) is 6.18. The molecule has 0 aliphatic rings. The molecule has 1 heterocycles. The number of carbonyl (C=O) groups is 1. The average molecular weight is 337 g/mol. The Hall–Kier alpha value is -2.02. The van der Waals surface area contributed by atoms with Crippen molar-refractivity contribution in [1.29, 1.82) is 0 Å². The van der Waals surface area contributed by atoms with E-state index in [0.717, 1.165) is 11.4 Å². The van der Waals surface area contributed by atoms with Crippen LogP contribution in [-0.2, 0) is 11.8 Å². The molecule has 124 valence electrons. The van der Waals surface area contributed by atoms with Gasteiger partial charge in [0.15, 0.2) is 12.4 Å². The molecule has 1 amide bonds. The third kappa shape index (κ3) is 4.72. The number of aryl methyl sites for hydroxylation is 2. The summed E-state index contributed by atoms with van der Waals surface area (Å²) in [6.07, 6.45) is 0. The van der Waals surface area contributed by atoms with E-state index in [2.05, 4.69) is 10.4 Å². The van der Waals surface area contributed by atoms with Gasteiger partial charge in [0, 0.05) is 24.2 Å². The van der Waals surface area contributed by atoms with Crippen LogP contribution in [0.1, 0.15) is 11.4 Å². The molecule has 0 saturated heterocycles. The number of nitrogens with one attached hydrogen (secondary N) is 1. The van der Waals surface area contributed by atoms with Crippen molar-refractivity contribution in [2.75, 3.05) is 18.9 Å². The predicted molar refractivity (Wildman–Crippen MR) is 88.3 cm³/mol. The van der Waals surface area contributed by atoms with E-state index in [1.54, 1.807) is 22.9 Å². The molecule has 0 fully saturated rings. The molecule has 0 atom stereocenters. The highest BCUT2D eigenvalue weighted by Crippen LogP contribution is 2.21. The van der Waals surface area contributed by atoms with Gasteiger partial charge in [-0.25, -0.2) is 4.39 Å². The molecule has 1 aromatic heterocycles. The zero-order valence-electron chi connectivity index (χ0n) is 13.4. The summed E-state index contributed by atoms with van der Waals surface area (Å²) in [5.41, 5.74) is 1.64. The van der Waals surface area contributed by atoms with Crippen molar-refractivity contribution in [2.24, 2.45) is 7.05 Å². The van der Waals surface area contributed by atoms with E-state index in [9.17, 15) is 9.18 Å². The highest BCUT2D eigenvalue weighted by atomic mass is 32.2. The molecule has 0 spiro atoms. The monoisotopic (exact) mass is 337 g/mol. The van der Waals surface area contributed by atoms with Crippen molar-refractivity contribution < 1.29 is 13.9 Å². The fraction of sp³-hybridized carbons (Fsp3) is 0.375. The minimum Gasteiger partial charge on any atom is -0.480 e. The van der Waals surface area contributed by atoms with Gasteiger partial charge in [0.25, 0.3) is 5.91 Å². The predicted octanol–water partition coefficient (Wildman–Crippen LogP) is 2.46. The van der Waals surface area contributed by atoms with Gasteiger partial charge in [-0.2, -0.15) is 5.10 Å². The second kappa shape index (κ2) is 8.01. The van der Waals surface area contributed by atoms with E-state index in [-0.39, 0.29) is 18.3 Å². The Morgan fingerprint density at radius 3 is 2.78 bits per heavy atom. The van der Waals surface area contributed by atoms with Crippen LogP contribution >= 0.6 is 11.8 Å². The highest BCUT2D eigenvalue weighted by molar-refractivity contribution is 7.99. The first-order chi connectivity index (χ1) is 11.0. The molecule has 5 nitrogen and oxygen atoms in total. The second-order valence-electron chi connectivity index (χ2n) is 5.04. The van der Waals surface area contributed by atoms with E-state index in [1.165, 1.54) is 17.8 Å². The van der Waals surface area contributed by atoms with Crippen LogP contribution in [0.2, 0.25) is 0 Å². The number of ether oxygens (including phenoxy) is 1. The van der Waals surface area contributed by atoms with Gasteiger partial charge in [-0.05, 0) is 26.0 Å². The standard InChI is InChI=1S/C16H20FN3O2S/c1-11-16(12(2)20(3)19-11)22-10-15(21)18-8-9-23-14-7-5-4-6-13(14)17/h4-7H,8-10H2,1-3H3,(H,18,21). The van der Waals surface area contributed by atoms with Gasteiger partial charge in [0.2, 0.25) is 0 Å². The largest absolute Gasteiger partial charge is 0.480 e. The number of halogens is 1. The lowest BCUT2D eigenvalue weighted by Gasteiger charge is -2.08. The van der Waals surface area contributed by atoms with E-state index in [4.69, 9.17) is 4.74 Å². The molecule has 0 bridgehead atoms. The average Bonchev–Trinajstić information content (AvgIpc) is 2.76. The zero-order chi connectivity index (χ0) is 16.8. The molecular weight excluding hydrogens is 317 g/mol. The maximum Gasteiger partial charge on any atom is 0.257 e. The number of rotatable bonds is 7. The quantitative estimate of drug-likeness (QED) is 0.623. The Bertz CT molecular complexity index is 688. The number of aromatic nitrogens is 2. The van der Waals surface area contributed by atoms with Crippen molar-refractivity contribution in [3.63, 3.8) is 0 Å². The number of nitrogens with zero attached hydrogens (tertiary/aromatic N) is 2. The normalized spacial score (nSPS) is 10.6. The van der Waals surface area contributed by atoms with Gasteiger partial charge in [-0.15, -0.1) is 11.8 Å². The first-order valence-corrected chi connectivity index (χ1v) is 8.24.